The molecule has 138 valence electrons. The van der Waals surface area contributed by atoms with E-state index < -0.39 is 11.8 Å². The number of ether oxygens (including phenoxy) is 2. The van der Waals surface area contributed by atoms with Crippen molar-refractivity contribution in [2.75, 3.05) is 25.6 Å². The maximum Gasteiger partial charge on any atom is 0.233 e. The summed E-state index contributed by atoms with van der Waals surface area (Å²) in [6.07, 6.45) is -0.328. The molecule has 0 aromatic heterocycles. The number of carbonyl (C=O) groups excluding carboxylic acids is 2. The lowest BCUT2D eigenvalue weighted by Crippen LogP contribution is -2.31. The van der Waals surface area contributed by atoms with E-state index in [4.69, 9.17) is 32.7 Å². The Balaban J connectivity index is 1.69. The van der Waals surface area contributed by atoms with Gasteiger partial charge >= 0.3 is 0 Å². The first-order chi connectivity index (χ1) is 12.5. The molecule has 0 spiro atoms. The molecule has 6 nitrogen and oxygen atoms in total. The molecule has 2 amide bonds. The number of carbonyl (C=O) groups is 2. The number of hydrogen-bond acceptors (Lipinski definition) is 4. The Morgan fingerprint density at radius 1 is 1.00 bits per heavy atom. The van der Waals surface area contributed by atoms with Gasteiger partial charge in [-0.15, -0.1) is 0 Å². The van der Waals surface area contributed by atoms with Gasteiger partial charge in [-0.2, -0.15) is 0 Å². The Hall–Kier alpha value is -2.44. The number of hydrogen-bond donors (Lipinski definition) is 2. The van der Waals surface area contributed by atoms with Gasteiger partial charge in [-0.3, -0.25) is 9.59 Å². The van der Waals surface area contributed by atoms with Crippen molar-refractivity contribution >= 4 is 40.7 Å². The van der Waals surface area contributed by atoms with Gasteiger partial charge in [0.1, 0.15) is 24.5 Å². The molecule has 26 heavy (non-hydrogen) atoms. The van der Waals surface area contributed by atoms with E-state index in [9.17, 15) is 9.59 Å². The van der Waals surface area contributed by atoms with Crippen LogP contribution in [0.3, 0.4) is 0 Å². The van der Waals surface area contributed by atoms with Crippen LogP contribution in [0.15, 0.2) is 42.5 Å². The molecule has 8 heteroatoms. The highest BCUT2D eigenvalue weighted by Crippen LogP contribution is 2.25. The van der Waals surface area contributed by atoms with Crippen LogP contribution < -0.4 is 20.1 Å². The van der Waals surface area contributed by atoms with Crippen molar-refractivity contribution < 1.29 is 19.1 Å². The van der Waals surface area contributed by atoms with Gasteiger partial charge in [-0.05, 0) is 42.5 Å². The second kappa shape index (κ2) is 9.89. The first-order valence-electron chi connectivity index (χ1n) is 7.76. The summed E-state index contributed by atoms with van der Waals surface area (Å²) >= 11 is 11.8. The van der Waals surface area contributed by atoms with Gasteiger partial charge in [0.25, 0.3) is 0 Å². The summed E-state index contributed by atoms with van der Waals surface area (Å²) in [6, 6.07) is 11.8. The van der Waals surface area contributed by atoms with Crippen molar-refractivity contribution in [2.24, 2.45) is 0 Å². The molecule has 0 unspecified atom stereocenters. The predicted molar refractivity (Wildman–Crippen MR) is 101 cm³/mol. The molecule has 0 aliphatic carbocycles. The molecule has 2 N–H and O–H groups in total. The minimum Gasteiger partial charge on any atom is -0.497 e. The van der Waals surface area contributed by atoms with Crippen LogP contribution in [-0.4, -0.2) is 32.1 Å². The van der Waals surface area contributed by atoms with E-state index in [-0.39, 0.29) is 19.6 Å². The molecule has 0 aliphatic rings. The van der Waals surface area contributed by atoms with E-state index in [1.165, 1.54) is 6.07 Å². The summed E-state index contributed by atoms with van der Waals surface area (Å²) in [5, 5.41) is 5.94. The monoisotopic (exact) mass is 396 g/mol. The summed E-state index contributed by atoms with van der Waals surface area (Å²) in [7, 11) is 1.59. The fraction of sp³-hybridized carbons (Fsp3) is 0.222. The molecule has 0 heterocycles. The molecule has 0 aliphatic heterocycles. The number of amides is 2. The largest absolute Gasteiger partial charge is 0.497 e. The fourth-order valence-electron chi connectivity index (χ4n) is 2.03. The van der Waals surface area contributed by atoms with E-state index in [0.717, 1.165) is 5.75 Å². The molecule has 0 saturated carbocycles. The molecule has 2 rings (SSSR count). The van der Waals surface area contributed by atoms with Crippen LogP contribution in [0.25, 0.3) is 0 Å². The van der Waals surface area contributed by atoms with Gasteiger partial charge in [0.05, 0.1) is 24.4 Å². The average molecular weight is 397 g/mol. The molecule has 0 saturated heterocycles. The standard InChI is InChI=1S/C18H18Cl2N2O4/c1-25-13-3-5-14(6-4-13)26-9-8-21-17(23)11-18(24)22-16-10-12(19)2-7-15(16)20/h2-7,10H,8-9,11H2,1H3,(H,21,23)(H,22,24). The van der Waals surface area contributed by atoms with E-state index in [1.807, 2.05) is 0 Å². The molecule has 0 atom stereocenters. The Labute approximate surface area is 161 Å². The van der Waals surface area contributed by atoms with Crippen LogP contribution in [0.5, 0.6) is 11.5 Å². The number of anilines is 1. The van der Waals surface area contributed by atoms with Gasteiger partial charge in [0.15, 0.2) is 0 Å². The molecule has 0 radical (unpaired) electrons. The Morgan fingerprint density at radius 3 is 2.38 bits per heavy atom. The summed E-state index contributed by atoms with van der Waals surface area (Å²) in [4.78, 5) is 23.7. The van der Waals surface area contributed by atoms with Gasteiger partial charge in [0.2, 0.25) is 11.8 Å². The SMILES string of the molecule is COc1ccc(OCCNC(=O)CC(=O)Nc2cc(Cl)ccc2Cl)cc1. The van der Waals surface area contributed by atoms with Crippen LogP contribution in [0.2, 0.25) is 10.0 Å². The lowest BCUT2D eigenvalue weighted by molar-refractivity contribution is -0.126. The third-order valence-corrected chi connectivity index (χ3v) is 3.84. The highest BCUT2D eigenvalue weighted by atomic mass is 35.5. The van der Waals surface area contributed by atoms with Gasteiger partial charge in [-0.1, -0.05) is 23.2 Å². The average Bonchev–Trinajstić information content (AvgIpc) is 2.62. The predicted octanol–water partition coefficient (Wildman–Crippen LogP) is 3.53. The fourth-order valence-corrected chi connectivity index (χ4v) is 2.36. The summed E-state index contributed by atoms with van der Waals surface area (Å²) in [5.74, 6) is 0.492. The molecule has 2 aromatic carbocycles. The van der Waals surface area contributed by atoms with Crippen molar-refractivity contribution in [1.82, 2.24) is 5.32 Å². The second-order valence-electron chi connectivity index (χ2n) is 5.22. The zero-order valence-electron chi connectivity index (χ0n) is 14.1. The number of halogens is 2. The van der Waals surface area contributed by atoms with Gasteiger partial charge in [-0.25, -0.2) is 0 Å². The minimum absolute atomic E-state index is 0.274. The highest BCUT2D eigenvalue weighted by molar-refractivity contribution is 6.35. The summed E-state index contributed by atoms with van der Waals surface area (Å²) in [6.45, 7) is 0.551. The first kappa shape index (κ1) is 19.9. The lowest BCUT2D eigenvalue weighted by Gasteiger charge is -2.09. The van der Waals surface area contributed by atoms with E-state index in [2.05, 4.69) is 10.6 Å². The summed E-state index contributed by atoms with van der Waals surface area (Å²) < 4.78 is 10.5. The van der Waals surface area contributed by atoms with Crippen LogP contribution in [-0.2, 0) is 9.59 Å². The third-order valence-electron chi connectivity index (χ3n) is 3.28. The zero-order valence-corrected chi connectivity index (χ0v) is 15.6. The number of methoxy groups -OCH3 is 1. The van der Waals surface area contributed by atoms with Crippen molar-refractivity contribution in [2.45, 2.75) is 6.42 Å². The quantitative estimate of drug-likeness (QED) is 0.528. The number of rotatable bonds is 8. The topological polar surface area (TPSA) is 76.7 Å². The highest BCUT2D eigenvalue weighted by Gasteiger charge is 2.11. The van der Waals surface area contributed by atoms with Gasteiger partial charge < -0.3 is 20.1 Å². The maximum absolute atomic E-state index is 11.9. The van der Waals surface area contributed by atoms with Crippen molar-refractivity contribution in [1.29, 1.82) is 0 Å². The molecular weight excluding hydrogens is 379 g/mol. The van der Waals surface area contributed by atoms with E-state index in [1.54, 1.807) is 43.5 Å². The lowest BCUT2D eigenvalue weighted by atomic mass is 10.3. The molecular formula is C18H18Cl2N2O4. The minimum atomic E-state index is -0.484. The van der Waals surface area contributed by atoms with Crippen LogP contribution in [0.1, 0.15) is 6.42 Å². The van der Waals surface area contributed by atoms with Crippen LogP contribution in [0.4, 0.5) is 5.69 Å². The van der Waals surface area contributed by atoms with Crippen LogP contribution in [0, 0.1) is 0 Å². The Bertz CT molecular complexity index is 766. The van der Waals surface area contributed by atoms with E-state index in [0.29, 0.717) is 21.5 Å². The molecule has 0 bridgehead atoms. The normalized spacial score (nSPS) is 10.1. The molecule has 0 fully saturated rings. The van der Waals surface area contributed by atoms with Crippen molar-refractivity contribution in [3.8, 4) is 11.5 Å². The van der Waals surface area contributed by atoms with Gasteiger partial charge in [0, 0.05) is 5.02 Å². The van der Waals surface area contributed by atoms with Crippen LogP contribution >= 0.6 is 23.2 Å². The number of benzene rings is 2. The smallest absolute Gasteiger partial charge is 0.233 e. The zero-order chi connectivity index (χ0) is 18.9. The number of nitrogens with one attached hydrogen (secondary N) is 2. The Kier molecular flexibility index (Phi) is 7.56. The Morgan fingerprint density at radius 2 is 1.69 bits per heavy atom. The third kappa shape index (κ3) is 6.46. The maximum atomic E-state index is 11.9. The van der Waals surface area contributed by atoms with Crippen molar-refractivity contribution in [3.63, 3.8) is 0 Å². The van der Waals surface area contributed by atoms with Crippen molar-refractivity contribution in [3.05, 3.63) is 52.5 Å². The first-order valence-corrected chi connectivity index (χ1v) is 8.52. The second-order valence-corrected chi connectivity index (χ2v) is 6.07. The molecule has 2 aromatic rings. The van der Waals surface area contributed by atoms with E-state index >= 15 is 0 Å². The summed E-state index contributed by atoms with van der Waals surface area (Å²) in [5.41, 5.74) is 0.361.